The van der Waals surface area contributed by atoms with Gasteiger partial charge in [-0.3, -0.25) is 9.78 Å². The summed E-state index contributed by atoms with van der Waals surface area (Å²) in [6, 6.07) is 14.8. The predicted molar refractivity (Wildman–Crippen MR) is 93.5 cm³/mol. The molecular formula is C19H15N3O3. The van der Waals surface area contributed by atoms with E-state index in [1.165, 1.54) is 7.11 Å². The van der Waals surface area contributed by atoms with Crippen LogP contribution < -0.4 is 10.1 Å². The fourth-order valence-electron chi connectivity index (χ4n) is 2.73. The largest absolute Gasteiger partial charge is 0.496 e. The molecule has 0 aliphatic rings. The second kappa shape index (κ2) is 6.24. The fraction of sp³-hybridized carbons (Fsp3) is 0.105. The molecule has 2 heterocycles. The molecule has 0 fully saturated rings. The van der Waals surface area contributed by atoms with Crippen LogP contribution in [0, 0.1) is 0 Å². The van der Waals surface area contributed by atoms with Crippen molar-refractivity contribution in [1.29, 1.82) is 0 Å². The molecule has 0 bridgehead atoms. The van der Waals surface area contributed by atoms with Crippen LogP contribution in [0.15, 0.2) is 59.1 Å². The van der Waals surface area contributed by atoms with Crippen molar-refractivity contribution in [3.05, 3.63) is 66.2 Å². The number of hydrogen-bond acceptors (Lipinski definition) is 5. The molecule has 0 spiro atoms. The first-order chi connectivity index (χ1) is 12.3. The van der Waals surface area contributed by atoms with Gasteiger partial charge in [0.1, 0.15) is 11.3 Å². The van der Waals surface area contributed by atoms with E-state index >= 15 is 0 Å². The number of hydrogen-bond donors (Lipinski definition) is 1. The molecule has 0 radical (unpaired) electrons. The van der Waals surface area contributed by atoms with E-state index in [2.05, 4.69) is 15.3 Å². The second-order valence-electron chi connectivity index (χ2n) is 5.48. The molecule has 4 aromatic rings. The summed E-state index contributed by atoms with van der Waals surface area (Å²) in [6.07, 6.45) is 1.67. The fourth-order valence-corrected chi connectivity index (χ4v) is 2.73. The molecule has 1 amide bonds. The average molecular weight is 333 g/mol. The van der Waals surface area contributed by atoms with E-state index in [4.69, 9.17) is 9.15 Å². The SMILES string of the molecule is COc1ccccc1C(=O)NCc1nc2cnc3ccccc3c2o1. The third kappa shape index (κ3) is 2.78. The first-order valence-electron chi connectivity index (χ1n) is 7.80. The Morgan fingerprint density at radius 2 is 1.92 bits per heavy atom. The number of fused-ring (bicyclic) bond motifs is 3. The smallest absolute Gasteiger partial charge is 0.255 e. The van der Waals surface area contributed by atoms with Gasteiger partial charge in [0.2, 0.25) is 5.89 Å². The van der Waals surface area contributed by atoms with Crippen LogP contribution >= 0.6 is 0 Å². The van der Waals surface area contributed by atoms with E-state index in [1.54, 1.807) is 24.4 Å². The Bertz CT molecular complexity index is 1070. The molecule has 6 heteroatoms. The molecule has 4 rings (SSSR count). The summed E-state index contributed by atoms with van der Waals surface area (Å²) < 4.78 is 11.0. The molecular weight excluding hydrogens is 318 g/mol. The number of para-hydroxylation sites is 2. The van der Waals surface area contributed by atoms with Gasteiger partial charge in [0.05, 0.1) is 30.9 Å². The predicted octanol–water partition coefficient (Wildman–Crippen LogP) is 3.31. The number of methoxy groups -OCH3 is 1. The highest BCUT2D eigenvalue weighted by atomic mass is 16.5. The monoisotopic (exact) mass is 333 g/mol. The third-order valence-corrected chi connectivity index (χ3v) is 3.92. The highest BCUT2D eigenvalue weighted by Gasteiger charge is 2.14. The van der Waals surface area contributed by atoms with Gasteiger partial charge < -0.3 is 14.5 Å². The second-order valence-corrected chi connectivity index (χ2v) is 5.48. The minimum atomic E-state index is -0.248. The van der Waals surface area contributed by atoms with E-state index in [1.807, 2.05) is 30.3 Å². The quantitative estimate of drug-likeness (QED) is 0.620. The lowest BCUT2D eigenvalue weighted by Gasteiger charge is -2.07. The number of nitrogens with one attached hydrogen (secondary N) is 1. The number of benzene rings is 2. The lowest BCUT2D eigenvalue weighted by molar-refractivity contribution is 0.0944. The van der Waals surface area contributed by atoms with Crippen molar-refractivity contribution in [2.24, 2.45) is 0 Å². The number of pyridine rings is 1. The van der Waals surface area contributed by atoms with Gasteiger partial charge in [-0.1, -0.05) is 24.3 Å². The third-order valence-electron chi connectivity index (χ3n) is 3.92. The van der Waals surface area contributed by atoms with Crippen molar-refractivity contribution in [3.63, 3.8) is 0 Å². The Labute approximate surface area is 143 Å². The van der Waals surface area contributed by atoms with Crippen molar-refractivity contribution in [3.8, 4) is 5.75 Å². The maximum Gasteiger partial charge on any atom is 0.255 e. The molecule has 124 valence electrons. The Morgan fingerprint density at radius 3 is 2.80 bits per heavy atom. The Morgan fingerprint density at radius 1 is 1.12 bits per heavy atom. The molecule has 0 aliphatic heterocycles. The van der Waals surface area contributed by atoms with E-state index in [-0.39, 0.29) is 12.5 Å². The normalized spacial score (nSPS) is 10.9. The zero-order chi connectivity index (χ0) is 17.2. The van der Waals surface area contributed by atoms with Crippen LogP contribution in [0.3, 0.4) is 0 Å². The van der Waals surface area contributed by atoms with E-state index in [0.717, 1.165) is 10.9 Å². The summed E-state index contributed by atoms with van der Waals surface area (Å²) in [5.74, 6) is 0.701. The number of amides is 1. The summed E-state index contributed by atoms with van der Waals surface area (Å²) in [6.45, 7) is 0.180. The van der Waals surface area contributed by atoms with Crippen LogP contribution in [0.5, 0.6) is 5.75 Å². The van der Waals surface area contributed by atoms with Crippen LogP contribution in [0.25, 0.3) is 22.0 Å². The van der Waals surface area contributed by atoms with Crippen LogP contribution in [0.2, 0.25) is 0 Å². The molecule has 0 saturated carbocycles. The topological polar surface area (TPSA) is 77.2 Å². The van der Waals surface area contributed by atoms with Crippen molar-refractivity contribution >= 4 is 27.9 Å². The van der Waals surface area contributed by atoms with Crippen LogP contribution in [-0.2, 0) is 6.54 Å². The number of carbonyl (C=O) groups is 1. The molecule has 0 saturated heterocycles. The number of carbonyl (C=O) groups excluding carboxylic acids is 1. The average Bonchev–Trinajstić information content (AvgIpc) is 3.09. The maximum atomic E-state index is 12.4. The molecule has 0 atom stereocenters. The molecule has 2 aromatic carbocycles. The lowest BCUT2D eigenvalue weighted by Crippen LogP contribution is -2.23. The molecule has 25 heavy (non-hydrogen) atoms. The summed E-state index contributed by atoms with van der Waals surface area (Å²) in [7, 11) is 1.53. The van der Waals surface area contributed by atoms with Gasteiger partial charge in [-0.25, -0.2) is 4.98 Å². The maximum absolute atomic E-state index is 12.4. The van der Waals surface area contributed by atoms with Crippen molar-refractivity contribution in [2.45, 2.75) is 6.54 Å². The Balaban J connectivity index is 1.59. The van der Waals surface area contributed by atoms with Crippen LogP contribution in [0.1, 0.15) is 16.2 Å². The first kappa shape index (κ1) is 15.1. The van der Waals surface area contributed by atoms with Gasteiger partial charge in [0, 0.05) is 5.39 Å². The zero-order valence-electron chi connectivity index (χ0n) is 13.5. The number of ether oxygens (including phenoxy) is 1. The van der Waals surface area contributed by atoms with Gasteiger partial charge in [-0.2, -0.15) is 0 Å². The van der Waals surface area contributed by atoms with Gasteiger partial charge in [0.15, 0.2) is 5.58 Å². The van der Waals surface area contributed by atoms with Crippen molar-refractivity contribution in [1.82, 2.24) is 15.3 Å². The number of nitrogens with zero attached hydrogens (tertiary/aromatic N) is 2. The number of aromatic nitrogens is 2. The highest BCUT2D eigenvalue weighted by molar-refractivity contribution is 6.00. The van der Waals surface area contributed by atoms with E-state index in [0.29, 0.717) is 28.3 Å². The summed E-state index contributed by atoms with van der Waals surface area (Å²) in [5, 5.41) is 3.70. The molecule has 0 unspecified atom stereocenters. The minimum absolute atomic E-state index is 0.180. The van der Waals surface area contributed by atoms with Crippen LogP contribution in [0.4, 0.5) is 0 Å². The van der Waals surface area contributed by atoms with E-state index in [9.17, 15) is 4.79 Å². The lowest BCUT2D eigenvalue weighted by atomic mass is 10.2. The Kier molecular flexibility index (Phi) is 3.78. The Hall–Kier alpha value is -3.41. The standard InChI is InChI=1S/C19H15N3O3/c1-24-16-9-5-3-7-13(16)19(23)21-11-17-22-15-10-20-14-8-4-2-6-12(14)18(15)25-17/h2-10H,11H2,1H3,(H,21,23). The molecule has 6 nitrogen and oxygen atoms in total. The van der Waals surface area contributed by atoms with Gasteiger partial charge in [-0.15, -0.1) is 0 Å². The first-order valence-corrected chi connectivity index (χ1v) is 7.80. The summed E-state index contributed by atoms with van der Waals surface area (Å²) in [4.78, 5) is 21.1. The molecule has 2 aromatic heterocycles. The number of oxazole rings is 1. The minimum Gasteiger partial charge on any atom is -0.496 e. The van der Waals surface area contributed by atoms with Gasteiger partial charge in [-0.05, 0) is 24.3 Å². The van der Waals surface area contributed by atoms with Gasteiger partial charge >= 0.3 is 0 Å². The van der Waals surface area contributed by atoms with E-state index < -0.39 is 0 Å². The number of rotatable bonds is 4. The highest BCUT2D eigenvalue weighted by Crippen LogP contribution is 2.24. The summed E-state index contributed by atoms with van der Waals surface area (Å²) >= 11 is 0. The molecule has 0 aliphatic carbocycles. The van der Waals surface area contributed by atoms with Gasteiger partial charge in [0.25, 0.3) is 5.91 Å². The zero-order valence-corrected chi connectivity index (χ0v) is 13.5. The van der Waals surface area contributed by atoms with Crippen LogP contribution in [-0.4, -0.2) is 23.0 Å². The molecule has 1 N–H and O–H groups in total. The van der Waals surface area contributed by atoms with Crippen molar-refractivity contribution in [2.75, 3.05) is 7.11 Å². The van der Waals surface area contributed by atoms with Crippen molar-refractivity contribution < 1.29 is 13.9 Å². The summed E-state index contributed by atoms with van der Waals surface area (Å²) in [5.41, 5.74) is 2.65.